The number of carbonyl (C=O) groups is 2. The van der Waals surface area contributed by atoms with E-state index in [4.69, 9.17) is 9.84 Å². The number of carbonyl (C=O) groups excluding carboxylic acids is 1. The van der Waals surface area contributed by atoms with Crippen molar-refractivity contribution in [1.29, 1.82) is 0 Å². The molecule has 0 saturated heterocycles. The second kappa shape index (κ2) is 7.81. The van der Waals surface area contributed by atoms with Gasteiger partial charge in [-0.15, -0.1) is 6.58 Å². The van der Waals surface area contributed by atoms with Gasteiger partial charge in [-0.3, -0.25) is 0 Å². The van der Waals surface area contributed by atoms with Crippen molar-refractivity contribution in [3.63, 3.8) is 0 Å². The fourth-order valence-electron chi connectivity index (χ4n) is 2.35. The molecule has 0 aromatic heterocycles. The van der Waals surface area contributed by atoms with E-state index < -0.39 is 18.1 Å². The van der Waals surface area contributed by atoms with Gasteiger partial charge in [0, 0.05) is 5.92 Å². The monoisotopic (exact) mass is 269 g/mol. The van der Waals surface area contributed by atoms with Crippen molar-refractivity contribution >= 4 is 12.1 Å². The summed E-state index contributed by atoms with van der Waals surface area (Å²) in [6.45, 7) is 5.70. The van der Waals surface area contributed by atoms with Crippen molar-refractivity contribution in [2.75, 3.05) is 0 Å². The van der Waals surface area contributed by atoms with Crippen LogP contribution >= 0.6 is 0 Å². The van der Waals surface area contributed by atoms with E-state index >= 15 is 0 Å². The molecule has 5 heteroatoms. The minimum atomic E-state index is -1.02. The van der Waals surface area contributed by atoms with Gasteiger partial charge in [-0.2, -0.15) is 0 Å². The van der Waals surface area contributed by atoms with Gasteiger partial charge in [0.2, 0.25) is 0 Å². The maximum absolute atomic E-state index is 11.7. The number of nitrogens with one attached hydrogen (secondary N) is 1. The molecule has 0 aliphatic heterocycles. The topological polar surface area (TPSA) is 75.6 Å². The summed E-state index contributed by atoms with van der Waals surface area (Å²) in [6.07, 6.45) is 5.87. The Morgan fingerprint density at radius 1 is 1.53 bits per heavy atom. The SMILES string of the molecule is C=C[C@H]1CCC[C@@H]1OC(=O)N[C@@H](CCCC)C(=O)O. The molecule has 0 heterocycles. The smallest absolute Gasteiger partial charge is 0.408 e. The molecule has 0 bridgehead atoms. The fraction of sp³-hybridized carbons (Fsp3) is 0.714. The van der Waals surface area contributed by atoms with E-state index in [9.17, 15) is 9.59 Å². The van der Waals surface area contributed by atoms with E-state index in [0.29, 0.717) is 6.42 Å². The standard InChI is InChI=1S/C14H23NO4/c1-3-5-8-11(13(16)17)15-14(18)19-12-9-6-7-10(12)4-2/h4,10-12H,2-3,5-9H2,1H3,(H,15,18)(H,16,17)/t10-,11-,12-/m0/s1. The molecule has 2 N–H and O–H groups in total. The highest BCUT2D eigenvalue weighted by Gasteiger charge is 2.29. The van der Waals surface area contributed by atoms with E-state index in [1.165, 1.54) is 0 Å². The van der Waals surface area contributed by atoms with Crippen molar-refractivity contribution in [2.24, 2.45) is 5.92 Å². The first-order valence-electron chi connectivity index (χ1n) is 6.91. The van der Waals surface area contributed by atoms with Crippen LogP contribution in [0.25, 0.3) is 0 Å². The predicted molar refractivity (Wildman–Crippen MR) is 71.9 cm³/mol. The van der Waals surface area contributed by atoms with Crippen LogP contribution in [0.3, 0.4) is 0 Å². The van der Waals surface area contributed by atoms with Crippen LogP contribution in [-0.2, 0) is 9.53 Å². The molecule has 0 spiro atoms. The number of amides is 1. The van der Waals surface area contributed by atoms with Gasteiger partial charge in [0.1, 0.15) is 12.1 Å². The molecule has 0 unspecified atom stereocenters. The van der Waals surface area contributed by atoms with Crippen LogP contribution in [0.1, 0.15) is 45.4 Å². The zero-order valence-corrected chi connectivity index (χ0v) is 11.4. The van der Waals surface area contributed by atoms with Gasteiger partial charge in [0.05, 0.1) is 0 Å². The van der Waals surface area contributed by atoms with Crippen LogP contribution < -0.4 is 5.32 Å². The predicted octanol–water partition coefficient (Wildman–Crippen LogP) is 2.71. The molecular weight excluding hydrogens is 246 g/mol. The Labute approximate surface area is 114 Å². The summed E-state index contributed by atoms with van der Waals surface area (Å²) in [7, 11) is 0. The van der Waals surface area contributed by atoms with Crippen LogP contribution in [0.15, 0.2) is 12.7 Å². The number of hydrogen-bond acceptors (Lipinski definition) is 3. The van der Waals surface area contributed by atoms with Gasteiger partial charge in [0.15, 0.2) is 0 Å². The molecule has 0 aromatic carbocycles. The Hall–Kier alpha value is -1.52. The van der Waals surface area contributed by atoms with Gasteiger partial charge < -0.3 is 15.2 Å². The van der Waals surface area contributed by atoms with Crippen molar-refractivity contribution in [3.05, 3.63) is 12.7 Å². The molecule has 1 saturated carbocycles. The molecule has 1 amide bonds. The molecule has 0 aromatic rings. The lowest BCUT2D eigenvalue weighted by molar-refractivity contribution is -0.139. The number of hydrogen-bond donors (Lipinski definition) is 2. The number of carboxylic acid groups (broad SMARTS) is 1. The third-order valence-electron chi connectivity index (χ3n) is 3.50. The number of carboxylic acids is 1. The first-order valence-corrected chi connectivity index (χ1v) is 6.91. The van der Waals surface area contributed by atoms with Crippen LogP contribution in [-0.4, -0.2) is 29.3 Å². The van der Waals surface area contributed by atoms with Crippen molar-refractivity contribution in [1.82, 2.24) is 5.32 Å². The van der Waals surface area contributed by atoms with E-state index in [-0.39, 0.29) is 12.0 Å². The Balaban J connectivity index is 2.43. The van der Waals surface area contributed by atoms with Crippen molar-refractivity contribution in [3.8, 4) is 0 Å². The maximum atomic E-state index is 11.7. The summed E-state index contributed by atoms with van der Waals surface area (Å²) in [5.41, 5.74) is 0. The van der Waals surface area contributed by atoms with E-state index in [0.717, 1.165) is 32.1 Å². The zero-order chi connectivity index (χ0) is 14.3. The van der Waals surface area contributed by atoms with Crippen LogP contribution in [0.5, 0.6) is 0 Å². The lowest BCUT2D eigenvalue weighted by Gasteiger charge is -2.19. The Morgan fingerprint density at radius 3 is 2.84 bits per heavy atom. The van der Waals surface area contributed by atoms with Gasteiger partial charge in [-0.1, -0.05) is 25.8 Å². The molecule has 1 rings (SSSR count). The second-order valence-electron chi connectivity index (χ2n) is 4.95. The third kappa shape index (κ3) is 4.93. The highest BCUT2D eigenvalue weighted by atomic mass is 16.6. The third-order valence-corrected chi connectivity index (χ3v) is 3.50. The number of aliphatic carboxylic acids is 1. The van der Waals surface area contributed by atoms with Gasteiger partial charge >= 0.3 is 12.1 Å². The molecule has 1 aliphatic carbocycles. The zero-order valence-electron chi connectivity index (χ0n) is 11.4. The Kier molecular flexibility index (Phi) is 6.39. The number of alkyl carbamates (subject to hydrolysis) is 1. The summed E-state index contributed by atoms with van der Waals surface area (Å²) in [5, 5.41) is 11.4. The van der Waals surface area contributed by atoms with Crippen LogP contribution in [0.4, 0.5) is 4.79 Å². The maximum Gasteiger partial charge on any atom is 0.408 e. The van der Waals surface area contributed by atoms with Gasteiger partial charge in [-0.25, -0.2) is 9.59 Å². The quantitative estimate of drug-likeness (QED) is 0.697. The average molecular weight is 269 g/mol. The number of unbranched alkanes of at least 4 members (excludes halogenated alkanes) is 1. The second-order valence-corrected chi connectivity index (χ2v) is 4.95. The van der Waals surface area contributed by atoms with Crippen molar-refractivity contribution in [2.45, 2.75) is 57.6 Å². The highest BCUT2D eigenvalue weighted by molar-refractivity contribution is 5.79. The molecule has 108 valence electrons. The van der Waals surface area contributed by atoms with E-state index in [1.54, 1.807) is 6.08 Å². The minimum absolute atomic E-state index is 0.168. The average Bonchev–Trinajstić information content (AvgIpc) is 2.81. The Bertz CT molecular complexity index is 329. The summed E-state index contributed by atoms with van der Waals surface area (Å²) < 4.78 is 5.29. The first kappa shape index (κ1) is 15.5. The number of ether oxygens (including phenoxy) is 1. The van der Waals surface area contributed by atoms with E-state index in [2.05, 4.69) is 11.9 Å². The lowest BCUT2D eigenvalue weighted by atomic mass is 10.1. The summed E-state index contributed by atoms with van der Waals surface area (Å²) >= 11 is 0. The molecular formula is C14H23NO4. The summed E-state index contributed by atoms with van der Waals surface area (Å²) in [6, 6.07) is -0.865. The van der Waals surface area contributed by atoms with Gasteiger partial charge in [0.25, 0.3) is 0 Å². The van der Waals surface area contributed by atoms with Gasteiger partial charge in [-0.05, 0) is 25.7 Å². The minimum Gasteiger partial charge on any atom is -0.480 e. The van der Waals surface area contributed by atoms with Crippen LogP contribution in [0, 0.1) is 5.92 Å². The molecule has 5 nitrogen and oxygen atoms in total. The first-order chi connectivity index (χ1) is 9.08. The summed E-state index contributed by atoms with van der Waals surface area (Å²) in [5.74, 6) is -0.832. The molecule has 19 heavy (non-hydrogen) atoms. The molecule has 1 aliphatic rings. The summed E-state index contributed by atoms with van der Waals surface area (Å²) in [4.78, 5) is 22.7. The highest BCUT2D eigenvalue weighted by Crippen LogP contribution is 2.28. The Morgan fingerprint density at radius 2 is 2.26 bits per heavy atom. The largest absolute Gasteiger partial charge is 0.480 e. The number of rotatable bonds is 7. The fourth-order valence-corrected chi connectivity index (χ4v) is 2.35. The van der Waals surface area contributed by atoms with Crippen molar-refractivity contribution < 1.29 is 19.4 Å². The van der Waals surface area contributed by atoms with Crippen LogP contribution in [0.2, 0.25) is 0 Å². The normalized spacial score (nSPS) is 23.6. The van der Waals surface area contributed by atoms with E-state index in [1.807, 2.05) is 6.92 Å². The molecule has 0 radical (unpaired) electrons. The molecule has 1 fully saturated rings. The molecule has 3 atom stereocenters. The lowest BCUT2D eigenvalue weighted by Crippen LogP contribution is -2.42.